The number of H-pyrrole nitrogens is 1. The number of anilines is 1. The Morgan fingerprint density at radius 1 is 1.26 bits per heavy atom. The Labute approximate surface area is 196 Å². The minimum absolute atomic E-state index is 0.00559. The number of aromatic nitrogens is 2. The molecule has 12 heteroatoms. The van der Waals surface area contributed by atoms with E-state index in [9.17, 15) is 19.5 Å². The molecule has 0 spiro atoms. The fraction of sp³-hybridized carbons (Fsp3) is 0.409. The molecule has 2 unspecified atom stereocenters. The van der Waals surface area contributed by atoms with Crippen molar-refractivity contribution in [1.82, 2.24) is 20.6 Å². The molecule has 1 aromatic heterocycles. The second kappa shape index (κ2) is 12.8. The van der Waals surface area contributed by atoms with Crippen LogP contribution in [0, 0.1) is 0 Å². The zero-order chi connectivity index (χ0) is 24.2. The Kier molecular flexibility index (Phi) is 9.26. The van der Waals surface area contributed by atoms with E-state index in [0.29, 0.717) is 12.4 Å². The Hall–Kier alpha value is -4.09. The van der Waals surface area contributed by atoms with E-state index in [2.05, 4.69) is 31.1 Å². The number of imidazole rings is 1. The first kappa shape index (κ1) is 24.6. The first-order valence-electron chi connectivity index (χ1n) is 10.9. The monoisotopic (exact) mass is 472 g/mol. The van der Waals surface area contributed by atoms with E-state index in [1.807, 2.05) is 6.07 Å². The zero-order valence-corrected chi connectivity index (χ0v) is 18.5. The number of carbonyl (C=O) groups excluding carboxylic acids is 2. The molecular weight excluding hydrogens is 444 g/mol. The van der Waals surface area contributed by atoms with Gasteiger partial charge in [0.25, 0.3) is 0 Å². The van der Waals surface area contributed by atoms with Crippen LogP contribution in [0.5, 0.6) is 0 Å². The van der Waals surface area contributed by atoms with E-state index in [-0.39, 0.29) is 19.6 Å². The summed E-state index contributed by atoms with van der Waals surface area (Å²) < 4.78 is 5.03. The Balaban J connectivity index is 1.30. The van der Waals surface area contributed by atoms with E-state index in [1.165, 1.54) is 0 Å². The molecule has 0 radical (unpaired) electrons. The minimum atomic E-state index is -1.33. The van der Waals surface area contributed by atoms with Gasteiger partial charge in [0.15, 0.2) is 5.95 Å². The maximum atomic E-state index is 12.2. The molecule has 1 aromatic carbocycles. The molecule has 0 bridgehead atoms. The van der Waals surface area contributed by atoms with Crippen molar-refractivity contribution >= 4 is 29.6 Å². The van der Waals surface area contributed by atoms with Crippen LogP contribution in [-0.2, 0) is 25.8 Å². The summed E-state index contributed by atoms with van der Waals surface area (Å²) in [5, 5.41) is 21.3. The van der Waals surface area contributed by atoms with Crippen molar-refractivity contribution in [3.63, 3.8) is 0 Å². The molecule has 3 rings (SSSR count). The lowest BCUT2D eigenvalue weighted by molar-refractivity contribution is -0.139. The van der Waals surface area contributed by atoms with Gasteiger partial charge in [-0.3, -0.25) is 4.79 Å². The van der Waals surface area contributed by atoms with Gasteiger partial charge in [-0.1, -0.05) is 35.5 Å². The number of alkyl carbamates (subject to hydrolysis) is 1. The van der Waals surface area contributed by atoms with Gasteiger partial charge in [0.2, 0.25) is 5.91 Å². The van der Waals surface area contributed by atoms with Gasteiger partial charge in [0.05, 0.1) is 12.1 Å². The number of rotatable bonds is 13. The molecule has 2 heterocycles. The van der Waals surface area contributed by atoms with Gasteiger partial charge < -0.3 is 35.6 Å². The highest BCUT2D eigenvalue weighted by atomic mass is 16.6. The SMILES string of the molecule is O=C(CC1CC(CCCNc2ncc[nH]2)=NO1)NCC(NC(=O)OCc1ccccc1)C(=O)O. The number of oxime groups is 1. The maximum Gasteiger partial charge on any atom is 0.408 e. The number of hydrogen-bond donors (Lipinski definition) is 5. The minimum Gasteiger partial charge on any atom is -0.480 e. The molecule has 2 aromatic rings. The summed E-state index contributed by atoms with van der Waals surface area (Å²) >= 11 is 0. The van der Waals surface area contributed by atoms with Crippen molar-refractivity contribution in [2.75, 3.05) is 18.4 Å². The number of amides is 2. The molecule has 0 fully saturated rings. The Bertz CT molecular complexity index is 966. The van der Waals surface area contributed by atoms with Crippen LogP contribution < -0.4 is 16.0 Å². The summed E-state index contributed by atoms with van der Waals surface area (Å²) in [6.07, 6.45) is 4.22. The smallest absolute Gasteiger partial charge is 0.408 e. The predicted molar refractivity (Wildman–Crippen MR) is 122 cm³/mol. The molecule has 12 nitrogen and oxygen atoms in total. The number of aromatic amines is 1. The van der Waals surface area contributed by atoms with E-state index in [1.54, 1.807) is 36.7 Å². The van der Waals surface area contributed by atoms with E-state index < -0.39 is 30.1 Å². The van der Waals surface area contributed by atoms with E-state index in [0.717, 1.165) is 30.7 Å². The number of carboxylic acids is 1. The molecule has 0 aliphatic carbocycles. The molecule has 0 saturated heterocycles. The van der Waals surface area contributed by atoms with Crippen molar-refractivity contribution in [3.05, 3.63) is 48.3 Å². The summed E-state index contributed by atoms with van der Waals surface area (Å²) in [6, 6.07) is 7.66. The number of nitrogens with one attached hydrogen (secondary N) is 4. The average Bonchev–Trinajstić information content (AvgIpc) is 3.51. The molecule has 2 amide bonds. The molecule has 0 saturated carbocycles. The van der Waals surface area contributed by atoms with Crippen LogP contribution in [0.3, 0.4) is 0 Å². The number of carboxylic acid groups (broad SMARTS) is 1. The van der Waals surface area contributed by atoms with Gasteiger partial charge in [0, 0.05) is 31.9 Å². The predicted octanol–water partition coefficient (Wildman–Crippen LogP) is 1.63. The molecule has 34 heavy (non-hydrogen) atoms. The van der Waals surface area contributed by atoms with Crippen LogP contribution in [-0.4, -0.2) is 64.0 Å². The van der Waals surface area contributed by atoms with Crippen LogP contribution in [0.25, 0.3) is 0 Å². The van der Waals surface area contributed by atoms with E-state index in [4.69, 9.17) is 9.57 Å². The van der Waals surface area contributed by atoms with Gasteiger partial charge in [0.1, 0.15) is 18.8 Å². The second-order valence-electron chi connectivity index (χ2n) is 7.66. The topological polar surface area (TPSA) is 167 Å². The van der Waals surface area contributed by atoms with Crippen LogP contribution >= 0.6 is 0 Å². The van der Waals surface area contributed by atoms with Crippen LogP contribution in [0.4, 0.5) is 10.7 Å². The zero-order valence-electron chi connectivity index (χ0n) is 18.5. The fourth-order valence-electron chi connectivity index (χ4n) is 3.21. The average molecular weight is 473 g/mol. The van der Waals surface area contributed by atoms with Crippen molar-refractivity contribution in [2.24, 2.45) is 5.16 Å². The Morgan fingerprint density at radius 3 is 2.82 bits per heavy atom. The number of carbonyl (C=O) groups is 3. The maximum absolute atomic E-state index is 12.2. The summed E-state index contributed by atoms with van der Waals surface area (Å²) in [4.78, 5) is 47.9. The highest BCUT2D eigenvalue weighted by Gasteiger charge is 2.25. The van der Waals surface area contributed by atoms with Gasteiger partial charge in [-0.25, -0.2) is 14.6 Å². The van der Waals surface area contributed by atoms with Crippen molar-refractivity contribution in [2.45, 2.75) is 44.4 Å². The van der Waals surface area contributed by atoms with Crippen LogP contribution in [0.1, 0.15) is 31.2 Å². The van der Waals surface area contributed by atoms with Crippen molar-refractivity contribution in [3.8, 4) is 0 Å². The number of benzene rings is 1. The molecule has 2 atom stereocenters. The Morgan fingerprint density at radius 2 is 2.09 bits per heavy atom. The molecule has 1 aliphatic heterocycles. The molecule has 182 valence electrons. The summed E-state index contributed by atoms with van der Waals surface area (Å²) in [5.74, 6) is -0.979. The summed E-state index contributed by atoms with van der Waals surface area (Å²) in [7, 11) is 0. The standard InChI is InChI=1S/C22H28N6O6/c29-19(12-17-11-16(28-34-17)7-4-8-23-21-24-9-10-25-21)26-13-18(20(30)31)27-22(32)33-14-15-5-2-1-3-6-15/h1-3,5-6,9-10,17-18H,4,7-8,11-14H2,(H,26,29)(H,27,32)(H,30,31)(H2,23,24,25). The highest BCUT2D eigenvalue weighted by Crippen LogP contribution is 2.17. The normalized spacial score (nSPS) is 15.5. The van der Waals surface area contributed by atoms with Gasteiger partial charge in [-0.05, 0) is 18.4 Å². The van der Waals surface area contributed by atoms with E-state index >= 15 is 0 Å². The highest BCUT2D eigenvalue weighted by molar-refractivity contribution is 5.87. The van der Waals surface area contributed by atoms with Crippen LogP contribution in [0.2, 0.25) is 0 Å². The lowest BCUT2D eigenvalue weighted by Gasteiger charge is -2.16. The number of nitrogens with zero attached hydrogens (tertiary/aromatic N) is 2. The third-order valence-electron chi connectivity index (χ3n) is 4.95. The largest absolute Gasteiger partial charge is 0.480 e. The first-order valence-corrected chi connectivity index (χ1v) is 10.9. The first-order chi connectivity index (χ1) is 16.5. The van der Waals surface area contributed by atoms with Gasteiger partial charge in [-0.2, -0.15) is 0 Å². The lowest BCUT2D eigenvalue weighted by Crippen LogP contribution is -2.48. The van der Waals surface area contributed by atoms with Gasteiger partial charge >= 0.3 is 12.1 Å². The van der Waals surface area contributed by atoms with Crippen molar-refractivity contribution < 1.29 is 29.1 Å². The molecule has 5 N–H and O–H groups in total. The molecular formula is C22H28N6O6. The summed E-state index contributed by atoms with van der Waals surface area (Å²) in [5.41, 5.74) is 1.63. The third kappa shape index (κ3) is 8.45. The van der Waals surface area contributed by atoms with Crippen LogP contribution in [0.15, 0.2) is 47.9 Å². The fourth-order valence-corrected chi connectivity index (χ4v) is 3.21. The third-order valence-corrected chi connectivity index (χ3v) is 4.95. The van der Waals surface area contributed by atoms with Gasteiger partial charge in [-0.15, -0.1) is 0 Å². The number of hydrogen-bond acceptors (Lipinski definition) is 8. The summed E-state index contributed by atoms with van der Waals surface area (Å²) in [6.45, 7) is 0.439. The number of aliphatic carboxylic acids is 1. The second-order valence-corrected chi connectivity index (χ2v) is 7.66. The number of ether oxygens (including phenoxy) is 1. The molecule has 1 aliphatic rings. The lowest BCUT2D eigenvalue weighted by atomic mass is 10.1. The van der Waals surface area contributed by atoms with Crippen molar-refractivity contribution in [1.29, 1.82) is 0 Å². The quantitative estimate of drug-likeness (QED) is 0.274.